The van der Waals surface area contributed by atoms with Crippen molar-refractivity contribution in [1.82, 2.24) is 5.32 Å². The second-order valence-corrected chi connectivity index (χ2v) is 6.20. The van der Waals surface area contributed by atoms with Crippen molar-refractivity contribution in [2.24, 2.45) is 16.7 Å². The molecule has 14 heavy (non-hydrogen) atoms. The number of rotatable bonds is 1. The van der Waals surface area contributed by atoms with Gasteiger partial charge in [0.1, 0.15) is 0 Å². The molecular weight excluding hydrogens is 170 g/mol. The molecule has 1 heteroatoms. The molecule has 2 fully saturated rings. The Balaban J connectivity index is 2.17. The van der Waals surface area contributed by atoms with Crippen LogP contribution in [0.25, 0.3) is 0 Å². The molecule has 0 aromatic rings. The second-order valence-electron chi connectivity index (χ2n) is 6.20. The number of hydrogen-bond acceptors (Lipinski definition) is 1. The maximum Gasteiger partial charge on any atom is -0.00146 e. The van der Waals surface area contributed by atoms with Gasteiger partial charge in [-0.05, 0) is 49.1 Å². The Kier molecular flexibility index (Phi) is 2.63. The Hall–Kier alpha value is -0.0400. The predicted molar refractivity (Wildman–Crippen MR) is 61.3 cm³/mol. The first-order valence-corrected chi connectivity index (χ1v) is 6.27. The molecule has 2 atom stereocenters. The second kappa shape index (κ2) is 3.52. The Labute approximate surface area is 88.7 Å². The van der Waals surface area contributed by atoms with Gasteiger partial charge in [-0.2, -0.15) is 0 Å². The van der Waals surface area contributed by atoms with Crippen molar-refractivity contribution in [2.45, 2.75) is 52.9 Å². The fourth-order valence-corrected chi connectivity index (χ4v) is 3.64. The van der Waals surface area contributed by atoms with Gasteiger partial charge in [0.2, 0.25) is 0 Å². The quantitative estimate of drug-likeness (QED) is 0.677. The third-order valence-corrected chi connectivity index (χ3v) is 5.26. The van der Waals surface area contributed by atoms with Crippen LogP contribution in [0.1, 0.15) is 52.9 Å². The van der Waals surface area contributed by atoms with Crippen LogP contribution in [0.15, 0.2) is 0 Å². The molecule has 1 saturated carbocycles. The summed E-state index contributed by atoms with van der Waals surface area (Å²) in [6, 6.07) is 0. The molecular formula is C13H25N. The molecule has 0 bridgehead atoms. The smallest absolute Gasteiger partial charge is 0.00146 e. The van der Waals surface area contributed by atoms with Gasteiger partial charge in [0.15, 0.2) is 0 Å². The molecule has 1 N–H and O–H groups in total. The zero-order valence-electron chi connectivity index (χ0n) is 10.0. The fourth-order valence-electron chi connectivity index (χ4n) is 3.64. The minimum Gasteiger partial charge on any atom is -0.316 e. The minimum absolute atomic E-state index is 0.557. The van der Waals surface area contributed by atoms with Crippen LogP contribution in [0.4, 0.5) is 0 Å². The molecule has 1 nitrogen and oxygen atoms in total. The Morgan fingerprint density at radius 1 is 1.07 bits per heavy atom. The fraction of sp³-hybridized carbons (Fsp3) is 1.00. The number of nitrogens with one attached hydrogen (secondary N) is 1. The van der Waals surface area contributed by atoms with E-state index in [0.717, 1.165) is 5.92 Å². The van der Waals surface area contributed by atoms with E-state index in [-0.39, 0.29) is 0 Å². The van der Waals surface area contributed by atoms with Gasteiger partial charge in [0.05, 0.1) is 0 Å². The van der Waals surface area contributed by atoms with E-state index >= 15 is 0 Å². The lowest BCUT2D eigenvalue weighted by Gasteiger charge is -2.52. The highest BCUT2D eigenvalue weighted by Gasteiger charge is 2.48. The average Bonchev–Trinajstić information content (AvgIpc) is 2.63. The summed E-state index contributed by atoms with van der Waals surface area (Å²) >= 11 is 0. The van der Waals surface area contributed by atoms with E-state index in [0.29, 0.717) is 10.8 Å². The molecule has 0 aromatic heterocycles. The SMILES string of the molecule is CC1(C)CCCCC1(C)C1CCNC1. The molecule has 82 valence electrons. The van der Waals surface area contributed by atoms with Crippen LogP contribution in [0.5, 0.6) is 0 Å². The maximum atomic E-state index is 3.53. The highest BCUT2D eigenvalue weighted by molar-refractivity contribution is 4.99. The molecule has 1 aliphatic carbocycles. The molecule has 0 amide bonds. The van der Waals surface area contributed by atoms with Gasteiger partial charge < -0.3 is 5.32 Å². The summed E-state index contributed by atoms with van der Waals surface area (Å²) in [7, 11) is 0. The first-order valence-electron chi connectivity index (χ1n) is 6.27. The van der Waals surface area contributed by atoms with E-state index in [9.17, 15) is 0 Å². The van der Waals surface area contributed by atoms with Gasteiger partial charge in [-0.15, -0.1) is 0 Å². The molecule has 2 rings (SSSR count). The lowest BCUT2D eigenvalue weighted by atomic mass is 9.53. The molecule has 2 aliphatic rings. The predicted octanol–water partition coefficient (Wildman–Crippen LogP) is 3.20. The van der Waals surface area contributed by atoms with Crippen molar-refractivity contribution in [1.29, 1.82) is 0 Å². The van der Waals surface area contributed by atoms with Crippen molar-refractivity contribution in [2.75, 3.05) is 13.1 Å². The van der Waals surface area contributed by atoms with Crippen molar-refractivity contribution < 1.29 is 0 Å². The van der Waals surface area contributed by atoms with E-state index in [4.69, 9.17) is 0 Å². The summed E-state index contributed by atoms with van der Waals surface area (Å²) in [5.41, 5.74) is 1.15. The van der Waals surface area contributed by atoms with Crippen LogP contribution < -0.4 is 5.32 Å². The summed E-state index contributed by atoms with van der Waals surface area (Å²) in [5.74, 6) is 0.929. The third-order valence-electron chi connectivity index (χ3n) is 5.26. The van der Waals surface area contributed by atoms with Crippen molar-refractivity contribution >= 4 is 0 Å². The molecule has 2 unspecified atom stereocenters. The van der Waals surface area contributed by atoms with Crippen molar-refractivity contribution in [3.63, 3.8) is 0 Å². The van der Waals surface area contributed by atoms with Crippen LogP contribution in [0.2, 0.25) is 0 Å². The molecule has 0 aromatic carbocycles. The van der Waals surface area contributed by atoms with E-state index in [2.05, 4.69) is 26.1 Å². The number of hydrogen-bond donors (Lipinski definition) is 1. The van der Waals surface area contributed by atoms with Crippen LogP contribution in [-0.2, 0) is 0 Å². The van der Waals surface area contributed by atoms with Crippen LogP contribution >= 0.6 is 0 Å². The highest BCUT2D eigenvalue weighted by atomic mass is 14.9. The Bertz CT molecular complexity index is 203. The summed E-state index contributed by atoms with van der Waals surface area (Å²) in [5, 5.41) is 3.53. The van der Waals surface area contributed by atoms with Crippen LogP contribution in [0.3, 0.4) is 0 Å². The summed E-state index contributed by atoms with van der Waals surface area (Å²) in [6.45, 7) is 10.0. The molecule has 1 saturated heterocycles. The van der Waals surface area contributed by atoms with Crippen molar-refractivity contribution in [3.8, 4) is 0 Å². The first kappa shape index (κ1) is 10.5. The topological polar surface area (TPSA) is 12.0 Å². The van der Waals surface area contributed by atoms with Crippen LogP contribution in [0, 0.1) is 16.7 Å². The van der Waals surface area contributed by atoms with Gasteiger partial charge in [-0.25, -0.2) is 0 Å². The largest absolute Gasteiger partial charge is 0.316 e. The zero-order valence-corrected chi connectivity index (χ0v) is 10.0. The standard InChI is InChI=1S/C13H25N/c1-12(2)7-4-5-8-13(12,3)11-6-9-14-10-11/h11,14H,4-10H2,1-3H3. The first-order chi connectivity index (χ1) is 6.56. The van der Waals surface area contributed by atoms with Gasteiger partial charge in [0.25, 0.3) is 0 Å². The normalized spacial score (nSPS) is 42.6. The van der Waals surface area contributed by atoms with E-state index < -0.39 is 0 Å². The van der Waals surface area contributed by atoms with Crippen molar-refractivity contribution in [3.05, 3.63) is 0 Å². The van der Waals surface area contributed by atoms with Gasteiger partial charge in [0, 0.05) is 0 Å². The third kappa shape index (κ3) is 1.50. The van der Waals surface area contributed by atoms with E-state index in [1.165, 1.54) is 45.2 Å². The molecule has 1 heterocycles. The lowest BCUT2D eigenvalue weighted by molar-refractivity contribution is -0.0161. The molecule has 0 spiro atoms. The maximum absolute atomic E-state index is 3.53. The average molecular weight is 195 g/mol. The van der Waals surface area contributed by atoms with Gasteiger partial charge in [-0.1, -0.05) is 33.6 Å². The highest BCUT2D eigenvalue weighted by Crippen LogP contribution is 2.55. The Morgan fingerprint density at radius 3 is 2.36 bits per heavy atom. The Morgan fingerprint density at radius 2 is 1.79 bits per heavy atom. The monoisotopic (exact) mass is 195 g/mol. The van der Waals surface area contributed by atoms with E-state index in [1.807, 2.05) is 0 Å². The minimum atomic E-state index is 0.557. The van der Waals surface area contributed by atoms with E-state index in [1.54, 1.807) is 0 Å². The summed E-state index contributed by atoms with van der Waals surface area (Å²) in [6.07, 6.45) is 7.19. The summed E-state index contributed by atoms with van der Waals surface area (Å²) in [4.78, 5) is 0. The molecule has 1 aliphatic heterocycles. The molecule has 0 radical (unpaired) electrons. The lowest BCUT2D eigenvalue weighted by Crippen LogP contribution is -2.44. The van der Waals surface area contributed by atoms with Gasteiger partial charge in [-0.3, -0.25) is 0 Å². The zero-order chi connectivity index (χ0) is 10.2. The summed E-state index contributed by atoms with van der Waals surface area (Å²) < 4.78 is 0. The van der Waals surface area contributed by atoms with Crippen LogP contribution in [-0.4, -0.2) is 13.1 Å². The van der Waals surface area contributed by atoms with Gasteiger partial charge >= 0.3 is 0 Å².